The van der Waals surface area contributed by atoms with Gasteiger partial charge in [0.15, 0.2) is 0 Å². The second-order valence-corrected chi connectivity index (χ2v) is 3.87. The van der Waals surface area contributed by atoms with Gasteiger partial charge < -0.3 is 4.90 Å². The van der Waals surface area contributed by atoms with Gasteiger partial charge in [0.25, 0.3) is 0 Å². The van der Waals surface area contributed by atoms with Crippen molar-refractivity contribution in [1.29, 1.82) is 0 Å². The molecule has 0 fully saturated rings. The largest absolute Gasteiger partial charge is 0.378 e. The number of rotatable bonds is 1. The number of anilines is 1. The third-order valence-corrected chi connectivity index (χ3v) is 2.60. The maximum absolute atomic E-state index is 2.24. The topological polar surface area (TPSA) is 3.24 Å². The van der Waals surface area contributed by atoms with Gasteiger partial charge in [-0.1, -0.05) is 24.3 Å². The summed E-state index contributed by atoms with van der Waals surface area (Å²) in [6, 6.07) is 13.0. The Hall–Kier alpha value is -1.50. The minimum atomic E-state index is 1.26. The van der Waals surface area contributed by atoms with Crippen molar-refractivity contribution >= 4 is 16.5 Å². The molecule has 0 aliphatic heterocycles. The fourth-order valence-corrected chi connectivity index (χ4v) is 1.70. The molecule has 0 spiro atoms. The average Bonchev–Trinajstić information content (AvgIpc) is 2.18. The van der Waals surface area contributed by atoms with Crippen molar-refractivity contribution in [2.24, 2.45) is 0 Å². The van der Waals surface area contributed by atoms with Crippen molar-refractivity contribution in [3.8, 4) is 0 Å². The van der Waals surface area contributed by atoms with Gasteiger partial charge >= 0.3 is 0 Å². The number of fused-ring (bicyclic) bond motifs is 1. The van der Waals surface area contributed by atoms with Gasteiger partial charge in [0.1, 0.15) is 0 Å². The van der Waals surface area contributed by atoms with Gasteiger partial charge in [0.05, 0.1) is 0 Å². The van der Waals surface area contributed by atoms with Crippen molar-refractivity contribution in [3.63, 3.8) is 0 Å². The minimum absolute atomic E-state index is 1.26. The molecule has 0 aliphatic rings. The Kier molecular flexibility index (Phi) is 2.16. The summed E-state index contributed by atoms with van der Waals surface area (Å²) in [7, 11) is 4.14. The zero-order valence-corrected chi connectivity index (χ0v) is 8.91. The fraction of sp³-hybridized carbons (Fsp3) is 0.231. The predicted octanol–water partition coefficient (Wildman–Crippen LogP) is 3.21. The molecule has 0 saturated heterocycles. The van der Waals surface area contributed by atoms with E-state index in [1.54, 1.807) is 0 Å². The van der Waals surface area contributed by atoms with Gasteiger partial charge in [-0.05, 0) is 35.4 Å². The molecular weight excluding hydrogens is 170 g/mol. The van der Waals surface area contributed by atoms with Crippen LogP contribution in [0, 0.1) is 6.92 Å². The number of hydrogen-bond acceptors (Lipinski definition) is 1. The summed E-state index contributed by atoms with van der Waals surface area (Å²) in [5, 5.41) is 2.66. The van der Waals surface area contributed by atoms with E-state index in [-0.39, 0.29) is 0 Å². The summed E-state index contributed by atoms with van der Waals surface area (Å²) in [4.78, 5) is 2.13. The zero-order valence-electron chi connectivity index (χ0n) is 8.91. The summed E-state index contributed by atoms with van der Waals surface area (Å²) < 4.78 is 0. The van der Waals surface area contributed by atoms with Crippen LogP contribution in [0.4, 0.5) is 5.69 Å². The quantitative estimate of drug-likeness (QED) is 0.659. The Balaban J connectivity index is 2.70. The van der Waals surface area contributed by atoms with Gasteiger partial charge in [0, 0.05) is 19.8 Å². The van der Waals surface area contributed by atoms with Crippen molar-refractivity contribution < 1.29 is 0 Å². The van der Waals surface area contributed by atoms with Crippen LogP contribution in [-0.2, 0) is 0 Å². The van der Waals surface area contributed by atoms with Crippen molar-refractivity contribution in [1.82, 2.24) is 0 Å². The lowest BCUT2D eigenvalue weighted by molar-refractivity contribution is 1.13. The molecule has 0 heterocycles. The van der Waals surface area contributed by atoms with Gasteiger partial charge in [-0.15, -0.1) is 0 Å². The summed E-state index contributed by atoms with van der Waals surface area (Å²) >= 11 is 0. The monoisotopic (exact) mass is 185 g/mol. The standard InChI is InChI=1S/C13H15N/c1-10-5-4-6-11-7-8-12(14(2)3)9-13(10)11/h4-9H,1-3H3. The van der Waals surface area contributed by atoms with Gasteiger partial charge in [-0.25, -0.2) is 0 Å². The first-order valence-electron chi connectivity index (χ1n) is 4.85. The van der Waals surface area contributed by atoms with E-state index in [4.69, 9.17) is 0 Å². The summed E-state index contributed by atoms with van der Waals surface area (Å²) in [5.74, 6) is 0. The Morgan fingerprint density at radius 1 is 1.00 bits per heavy atom. The molecule has 0 unspecified atom stereocenters. The van der Waals surface area contributed by atoms with Crippen LogP contribution < -0.4 is 4.90 Å². The highest BCUT2D eigenvalue weighted by molar-refractivity contribution is 5.88. The molecule has 2 aromatic carbocycles. The van der Waals surface area contributed by atoms with Crippen molar-refractivity contribution in [2.75, 3.05) is 19.0 Å². The fourth-order valence-electron chi connectivity index (χ4n) is 1.70. The van der Waals surface area contributed by atoms with Gasteiger partial charge in [0.2, 0.25) is 0 Å². The maximum Gasteiger partial charge on any atom is 0.0367 e. The number of nitrogens with zero attached hydrogens (tertiary/aromatic N) is 1. The van der Waals surface area contributed by atoms with Crippen LogP contribution in [-0.4, -0.2) is 14.1 Å². The molecule has 14 heavy (non-hydrogen) atoms. The SMILES string of the molecule is Cc1cccc2ccc(N(C)C)cc12. The van der Waals surface area contributed by atoms with E-state index in [2.05, 4.69) is 62.3 Å². The summed E-state index contributed by atoms with van der Waals surface area (Å²) in [6.07, 6.45) is 0. The molecule has 0 aromatic heterocycles. The molecule has 72 valence electrons. The molecule has 0 N–H and O–H groups in total. The van der Waals surface area contributed by atoms with E-state index in [1.165, 1.54) is 22.0 Å². The van der Waals surface area contributed by atoms with Gasteiger partial charge in [-0.2, -0.15) is 0 Å². The molecule has 0 radical (unpaired) electrons. The molecule has 0 saturated carbocycles. The van der Waals surface area contributed by atoms with E-state index in [9.17, 15) is 0 Å². The lowest BCUT2D eigenvalue weighted by Crippen LogP contribution is -2.08. The third-order valence-electron chi connectivity index (χ3n) is 2.60. The second-order valence-electron chi connectivity index (χ2n) is 3.87. The average molecular weight is 185 g/mol. The second kappa shape index (κ2) is 3.33. The Labute approximate surface area is 85.0 Å². The Morgan fingerprint density at radius 3 is 2.50 bits per heavy atom. The molecule has 0 atom stereocenters. The molecule has 1 nitrogen and oxygen atoms in total. The molecule has 0 amide bonds. The molecule has 0 aliphatic carbocycles. The van der Waals surface area contributed by atoms with Crippen molar-refractivity contribution in [2.45, 2.75) is 6.92 Å². The highest BCUT2D eigenvalue weighted by Crippen LogP contribution is 2.23. The van der Waals surface area contributed by atoms with Crippen LogP contribution in [0.1, 0.15) is 5.56 Å². The Morgan fingerprint density at radius 2 is 1.79 bits per heavy atom. The normalized spacial score (nSPS) is 10.5. The highest BCUT2D eigenvalue weighted by Gasteiger charge is 1.99. The van der Waals surface area contributed by atoms with E-state index in [0.29, 0.717) is 0 Å². The lowest BCUT2D eigenvalue weighted by Gasteiger charge is -2.13. The van der Waals surface area contributed by atoms with Gasteiger partial charge in [-0.3, -0.25) is 0 Å². The first-order valence-corrected chi connectivity index (χ1v) is 4.85. The molecule has 2 rings (SSSR count). The lowest BCUT2D eigenvalue weighted by atomic mass is 10.0. The van der Waals surface area contributed by atoms with Crippen LogP contribution in [0.3, 0.4) is 0 Å². The van der Waals surface area contributed by atoms with Crippen LogP contribution >= 0.6 is 0 Å². The van der Waals surface area contributed by atoms with Crippen LogP contribution in [0.5, 0.6) is 0 Å². The number of aryl methyl sites for hydroxylation is 1. The third kappa shape index (κ3) is 1.46. The van der Waals surface area contributed by atoms with Crippen LogP contribution in [0.15, 0.2) is 36.4 Å². The maximum atomic E-state index is 2.24. The van der Waals surface area contributed by atoms with Crippen LogP contribution in [0.2, 0.25) is 0 Å². The van der Waals surface area contributed by atoms with E-state index in [1.807, 2.05) is 0 Å². The zero-order chi connectivity index (χ0) is 10.1. The number of benzene rings is 2. The molecule has 2 aromatic rings. The van der Waals surface area contributed by atoms with E-state index >= 15 is 0 Å². The van der Waals surface area contributed by atoms with E-state index in [0.717, 1.165) is 0 Å². The van der Waals surface area contributed by atoms with Crippen LogP contribution in [0.25, 0.3) is 10.8 Å². The smallest absolute Gasteiger partial charge is 0.0367 e. The first kappa shape index (κ1) is 9.07. The molecule has 1 heteroatoms. The Bertz CT molecular complexity index is 458. The van der Waals surface area contributed by atoms with E-state index < -0.39 is 0 Å². The summed E-state index contributed by atoms with van der Waals surface area (Å²) in [5.41, 5.74) is 2.60. The summed E-state index contributed by atoms with van der Waals surface area (Å²) in [6.45, 7) is 2.15. The molecule has 0 bridgehead atoms. The minimum Gasteiger partial charge on any atom is -0.378 e. The van der Waals surface area contributed by atoms with Crippen molar-refractivity contribution in [3.05, 3.63) is 42.0 Å². The molecular formula is C13H15N. The predicted molar refractivity (Wildman–Crippen MR) is 63.0 cm³/mol. The number of hydrogen-bond donors (Lipinski definition) is 0. The first-order chi connectivity index (χ1) is 6.68. The highest BCUT2D eigenvalue weighted by atomic mass is 15.1.